The molecule has 0 saturated carbocycles. The Hall–Kier alpha value is -3.88. The van der Waals surface area contributed by atoms with Crippen LogP contribution in [0.4, 0.5) is 4.79 Å². The van der Waals surface area contributed by atoms with Gasteiger partial charge < -0.3 is 29.2 Å². The fourth-order valence-electron chi connectivity index (χ4n) is 5.41. The first kappa shape index (κ1) is 26.7. The Labute approximate surface area is 228 Å². The highest BCUT2D eigenvalue weighted by molar-refractivity contribution is 5.89. The minimum atomic E-state index is -0.438. The molecule has 1 N–H and O–H groups in total. The zero-order valence-corrected chi connectivity index (χ0v) is 22.2. The van der Waals surface area contributed by atoms with Crippen molar-refractivity contribution in [3.63, 3.8) is 0 Å². The number of hydrogen-bond donors (Lipinski definition) is 1. The lowest BCUT2D eigenvalue weighted by molar-refractivity contribution is -0.121. The number of alkyl carbamates (subject to hydrolysis) is 1. The number of carbonyl (C=O) groups excluding carboxylic acids is 2. The molecule has 3 unspecified atom stereocenters. The van der Waals surface area contributed by atoms with Gasteiger partial charge in [-0.3, -0.25) is 0 Å². The third-order valence-electron chi connectivity index (χ3n) is 7.30. The molecule has 3 aromatic rings. The maximum Gasteiger partial charge on any atom is 0.408 e. The Morgan fingerprint density at radius 2 is 1.64 bits per heavy atom. The molecule has 2 fully saturated rings. The Morgan fingerprint density at radius 3 is 2.33 bits per heavy atom. The normalized spacial score (nSPS) is 21.4. The smallest absolute Gasteiger partial charge is 0.408 e. The van der Waals surface area contributed by atoms with E-state index in [1.807, 2.05) is 66.7 Å². The first-order valence-electron chi connectivity index (χ1n) is 13.2. The number of benzene rings is 3. The molecule has 5 rings (SSSR count). The van der Waals surface area contributed by atoms with E-state index in [2.05, 4.69) is 17.3 Å². The molecule has 2 heterocycles. The summed E-state index contributed by atoms with van der Waals surface area (Å²) in [5.74, 6) is 0.631. The molecule has 0 radical (unpaired) electrons. The van der Waals surface area contributed by atoms with Gasteiger partial charge in [0.2, 0.25) is 0 Å². The van der Waals surface area contributed by atoms with Crippen LogP contribution in [0.1, 0.15) is 33.1 Å². The van der Waals surface area contributed by atoms with E-state index in [9.17, 15) is 9.59 Å². The number of nitrogens with zero attached hydrogens (tertiary/aromatic N) is 1. The van der Waals surface area contributed by atoms with Gasteiger partial charge in [0.05, 0.1) is 31.9 Å². The molecular weight excluding hydrogens is 496 g/mol. The Kier molecular flexibility index (Phi) is 8.44. The third kappa shape index (κ3) is 6.58. The predicted octanol–water partition coefficient (Wildman–Crippen LogP) is 4.44. The summed E-state index contributed by atoms with van der Waals surface area (Å²) in [5.41, 5.74) is 3.23. The predicted molar refractivity (Wildman–Crippen MR) is 146 cm³/mol. The van der Waals surface area contributed by atoms with Crippen LogP contribution in [0.15, 0.2) is 78.9 Å². The summed E-state index contributed by atoms with van der Waals surface area (Å²) in [5, 5.41) is 3.11. The van der Waals surface area contributed by atoms with E-state index >= 15 is 0 Å². The lowest BCUT2D eigenvalue weighted by atomic mass is 9.85. The minimum absolute atomic E-state index is 0.161. The standard InChI is InChI=1S/C31H34N2O6/c1-33-16-25-19-37-20-26(17-33)29(25)39-31(35)32-28(22-7-4-3-5-8-22)24-9-6-10-27(15-24)38-18-21-11-13-23(14-12-21)30(34)36-2/h3-15,25-26,28-29H,16-20H2,1-2H3,(H,32,35). The third-order valence-corrected chi connectivity index (χ3v) is 7.30. The van der Waals surface area contributed by atoms with Gasteiger partial charge in [-0.15, -0.1) is 0 Å². The van der Waals surface area contributed by atoms with Crippen LogP contribution in [-0.2, 0) is 20.8 Å². The largest absolute Gasteiger partial charge is 0.489 e. The summed E-state index contributed by atoms with van der Waals surface area (Å²) in [6, 6.07) is 24.2. The summed E-state index contributed by atoms with van der Waals surface area (Å²) in [6.45, 7) is 3.23. The second-order valence-electron chi connectivity index (χ2n) is 10.2. The highest BCUT2D eigenvalue weighted by atomic mass is 16.6. The molecule has 3 aromatic carbocycles. The van der Waals surface area contributed by atoms with Crippen LogP contribution in [0.25, 0.3) is 0 Å². The first-order valence-corrected chi connectivity index (χ1v) is 13.2. The molecule has 1 amide bonds. The summed E-state index contributed by atoms with van der Waals surface area (Å²) >= 11 is 0. The Bertz CT molecular complexity index is 1250. The zero-order valence-electron chi connectivity index (χ0n) is 22.2. The van der Waals surface area contributed by atoms with Gasteiger partial charge >= 0.3 is 12.1 Å². The number of fused-ring (bicyclic) bond motifs is 2. The lowest BCUT2D eigenvalue weighted by Gasteiger charge is -2.45. The van der Waals surface area contributed by atoms with E-state index in [-0.39, 0.29) is 23.9 Å². The van der Waals surface area contributed by atoms with Gasteiger partial charge in [-0.05, 0) is 48.0 Å². The summed E-state index contributed by atoms with van der Waals surface area (Å²) in [4.78, 5) is 27.2. The van der Waals surface area contributed by atoms with Crippen molar-refractivity contribution >= 4 is 12.1 Å². The molecule has 8 heteroatoms. The van der Waals surface area contributed by atoms with Crippen molar-refractivity contribution in [2.45, 2.75) is 18.8 Å². The van der Waals surface area contributed by atoms with Gasteiger partial charge in [-0.25, -0.2) is 9.59 Å². The number of esters is 1. The average molecular weight is 531 g/mol. The number of hydrogen-bond acceptors (Lipinski definition) is 7. The van der Waals surface area contributed by atoms with Crippen LogP contribution in [-0.4, -0.2) is 63.5 Å². The van der Waals surface area contributed by atoms with Gasteiger partial charge in [0.1, 0.15) is 18.5 Å². The van der Waals surface area contributed by atoms with E-state index < -0.39 is 12.1 Å². The monoisotopic (exact) mass is 530 g/mol. The van der Waals surface area contributed by atoms with Crippen molar-refractivity contribution in [3.8, 4) is 5.75 Å². The summed E-state index contributed by atoms with van der Waals surface area (Å²) in [7, 11) is 3.46. The number of likely N-dealkylation sites (tertiary alicyclic amines) is 1. The molecule has 8 nitrogen and oxygen atoms in total. The van der Waals surface area contributed by atoms with Crippen LogP contribution in [0.5, 0.6) is 5.75 Å². The molecule has 0 aliphatic carbocycles. The van der Waals surface area contributed by atoms with Crippen molar-refractivity contribution in [1.82, 2.24) is 10.2 Å². The van der Waals surface area contributed by atoms with E-state index in [0.29, 0.717) is 31.1 Å². The number of carbonyl (C=O) groups is 2. The van der Waals surface area contributed by atoms with E-state index in [1.54, 1.807) is 12.1 Å². The van der Waals surface area contributed by atoms with E-state index in [4.69, 9.17) is 18.9 Å². The van der Waals surface area contributed by atoms with Crippen molar-refractivity contribution in [2.75, 3.05) is 40.5 Å². The molecular formula is C31H34N2O6. The Balaban J connectivity index is 1.29. The van der Waals surface area contributed by atoms with Gasteiger partial charge in [0, 0.05) is 24.9 Å². The molecule has 0 spiro atoms. The summed E-state index contributed by atoms with van der Waals surface area (Å²) < 4.78 is 22.6. The zero-order chi connectivity index (χ0) is 27.2. The topological polar surface area (TPSA) is 86.3 Å². The van der Waals surface area contributed by atoms with Gasteiger partial charge in [-0.2, -0.15) is 0 Å². The van der Waals surface area contributed by atoms with Crippen molar-refractivity contribution in [1.29, 1.82) is 0 Å². The number of amides is 1. The minimum Gasteiger partial charge on any atom is -0.489 e. The second kappa shape index (κ2) is 12.3. The van der Waals surface area contributed by atoms with Gasteiger partial charge in [0.25, 0.3) is 0 Å². The number of ether oxygens (including phenoxy) is 4. The molecule has 204 valence electrons. The first-order chi connectivity index (χ1) is 19.0. The molecule has 2 aliphatic rings. The van der Waals surface area contributed by atoms with Crippen LogP contribution < -0.4 is 10.1 Å². The molecule has 2 bridgehead atoms. The highest BCUT2D eigenvalue weighted by Crippen LogP contribution is 2.31. The van der Waals surface area contributed by atoms with Gasteiger partial charge in [-0.1, -0.05) is 54.6 Å². The van der Waals surface area contributed by atoms with Crippen LogP contribution >= 0.6 is 0 Å². The quantitative estimate of drug-likeness (QED) is 0.431. The molecule has 0 aromatic heterocycles. The van der Waals surface area contributed by atoms with Crippen molar-refractivity contribution in [2.24, 2.45) is 11.8 Å². The SMILES string of the molecule is COC(=O)c1ccc(COc2cccc(C(NC(=O)OC3C4COCC3CN(C)C4)c3ccccc3)c2)cc1. The van der Waals surface area contributed by atoms with Crippen LogP contribution in [0.3, 0.4) is 0 Å². The molecule has 39 heavy (non-hydrogen) atoms. The maximum atomic E-state index is 13.2. The van der Waals surface area contributed by atoms with Crippen LogP contribution in [0, 0.1) is 11.8 Å². The number of piperidine rings is 1. The fraction of sp³-hybridized carbons (Fsp3) is 0.355. The van der Waals surface area contributed by atoms with Gasteiger partial charge in [0.15, 0.2) is 0 Å². The van der Waals surface area contributed by atoms with Crippen molar-refractivity contribution < 1.29 is 28.5 Å². The highest BCUT2D eigenvalue weighted by Gasteiger charge is 2.42. The number of rotatable bonds is 8. The average Bonchev–Trinajstić information content (AvgIpc) is 2.96. The number of nitrogens with one attached hydrogen (secondary N) is 1. The van der Waals surface area contributed by atoms with E-state index in [1.165, 1.54) is 7.11 Å². The molecule has 2 aliphatic heterocycles. The van der Waals surface area contributed by atoms with Crippen LogP contribution in [0.2, 0.25) is 0 Å². The fourth-order valence-corrected chi connectivity index (χ4v) is 5.41. The van der Waals surface area contributed by atoms with E-state index in [0.717, 1.165) is 29.8 Å². The summed E-state index contributed by atoms with van der Waals surface area (Å²) in [6.07, 6.45) is -0.598. The molecule has 2 saturated heterocycles. The molecule has 3 atom stereocenters. The maximum absolute atomic E-state index is 13.2. The Morgan fingerprint density at radius 1 is 0.949 bits per heavy atom. The lowest BCUT2D eigenvalue weighted by Crippen LogP contribution is -2.56. The number of methoxy groups -OCH3 is 1. The second-order valence-corrected chi connectivity index (χ2v) is 10.2. The van der Waals surface area contributed by atoms with Crippen molar-refractivity contribution in [3.05, 3.63) is 101 Å².